The van der Waals surface area contributed by atoms with Gasteiger partial charge in [-0.15, -0.1) is 0 Å². The summed E-state index contributed by atoms with van der Waals surface area (Å²) in [4.78, 5) is 5.02. The molecular formula is C10H21N3. The minimum atomic E-state index is 0.580. The molecule has 0 aromatic rings. The Balaban J connectivity index is 1.90. The van der Waals surface area contributed by atoms with Crippen LogP contribution < -0.4 is 5.73 Å². The van der Waals surface area contributed by atoms with Gasteiger partial charge in [0.1, 0.15) is 0 Å². The van der Waals surface area contributed by atoms with Gasteiger partial charge in [0, 0.05) is 38.8 Å². The van der Waals surface area contributed by atoms with E-state index < -0.39 is 0 Å². The molecule has 2 aliphatic heterocycles. The average Bonchev–Trinajstić information content (AvgIpc) is 2.59. The molecule has 3 unspecified atom stereocenters. The zero-order valence-corrected chi connectivity index (χ0v) is 8.74. The molecule has 3 atom stereocenters. The summed E-state index contributed by atoms with van der Waals surface area (Å²) in [7, 11) is 2.23. The maximum Gasteiger partial charge on any atom is 0.0190 e. The van der Waals surface area contributed by atoms with Gasteiger partial charge < -0.3 is 10.6 Å². The van der Waals surface area contributed by atoms with Gasteiger partial charge in [0.05, 0.1) is 0 Å². The van der Waals surface area contributed by atoms with Crippen molar-refractivity contribution in [2.24, 2.45) is 17.6 Å². The number of rotatable bonds is 2. The van der Waals surface area contributed by atoms with Crippen LogP contribution in [-0.2, 0) is 0 Å². The molecule has 0 aromatic carbocycles. The lowest BCUT2D eigenvalue weighted by Gasteiger charge is -2.24. The molecule has 3 heteroatoms. The molecule has 0 aliphatic carbocycles. The molecule has 0 radical (unpaired) electrons. The molecule has 0 spiro atoms. The van der Waals surface area contributed by atoms with Crippen LogP contribution in [0.5, 0.6) is 0 Å². The van der Waals surface area contributed by atoms with Crippen LogP contribution in [0.2, 0.25) is 0 Å². The van der Waals surface area contributed by atoms with E-state index in [0.717, 1.165) is 18.4 Å². The van der Waals surface area contributed by atoms with Crippen molar-refractivity contribution in [2.45, 2.75) is 13.0 Å². The normalized spacial score (nSPS) is 38.1. The average molecular weight is 183 g/mol. The first kappa shape index (κ1) is 9.44. The summed E-state index contributed by atoms with van der Waals surface area (Å²) in [5.41, 5.74) is 5.68. The molecule has 0 bridgehead atoms. The summed E-state index contributed by atoms with van der Waals surface area (Å²) in [6, 6.07) is 0.580. The minimum absolute atomic E-state index is 0.580. The Bertz CT molecular complexity index is 169. The van der Waals surface area contributed by atoms with Gasteiger partial charge in [0.15, 0.2) is 0 Å². The largest absolute Gasteiger partial charge is 0.329 e. The third kappa shape index (κ3) is 1.73. The van der Waals surface area contributed by atoms with Crippen LogP contribution in [0.15, 0.2) is 0 Å². The van der Waals surface area contributed by atoms with Crippen molar-refractivity contribution in [3.05, 3.63) is 0 Å². The van der Waals surface area contributed by atoms with Crippen molar-refractivity contribution in [1.29, 1.82) is 0 Å². The van der Waals surface area contributed by atoms with Crippen molar-refractivity contribution < 1.29 is 0 Å². The number of hydrogen-bond acceptors (Lipinski definition) is 3. The van der Waals surface area contributed by atoms with Gasteiger partial charge in [-0.05, 0) is 25.8 Å². The number of nitrogens with zero attached hydrogens (tertiary/aromatic N) is 2. The molecule has 3 nitrogen and oxygen atoms in total. The van der Waals surface area contributed by atoms with Gasteiger partial charge in [0.25, 0.3) is 0 Å². The highest BCUT2D eigenvalue weighted by Gasteiger charge is 2.39. The van der Waals surface area contributed by atoms with Crippen molar-refractivity contribution in [1.82, 2.24) is 9.80 Å². The SMILES string of the molecule is CC(CN)N1CC2CN(C)CC2C1. The highest BCUT2D eigenvalue weighted by atomic mass is 15.2. The summed E-state index contributed by atoms with van der Waals surface area (Å²) in [5, 5.41) is 0. The molecule has 2 rings (SSSR count). The van der Waals surface area contributed by atoms with E-state index in [1.165, 1.54) is 26.2 Å². The van der Waals surface area contributed by atoms with Crippen molar-refractivity contribution in [2.75, 3.05) is 39.8 Å². The Morgan fingerprint density at radius 3 is 2.23 bits per heavy atom. The maximum atomic E-state index is 5.68. The van der Waals surface area contributed by atoms with E-state index in [1.807, 2.05) is 0 Å². The first-order chi connectivity index (χ1) is 6.20. The van der Waals surface area contributed by atoms with Crippen LogP contribution in [-0.4, -0.2) is 55.6 Å². The van der Waals surface area contributed by atoms with E-state index in [0.29, 0.717) is 6.04 Å². The monoisotopic (exact) mass is 183 g/mol. The lowest BCUT2D eigenvalue weighted by Crippen LogP contribution is -2.38. The predicted molar refractivity (Wildman–Crippen MR) is 54.6 cm³/mol. The van der Waals surface area contributed by atoms with E-state index >= 15 is 0 Å². The molecular weight excluding hydrogens is 162 g/mol. The van der Waals surface area contributed by atoms with Crippen LogP contribution in [0.3, 0.4) is 0 Å². The van der Waals surface area contributed by atoms with Gasteiger partial charge in [-0.25, -0.2) is 0 Å². The molecule has 0 aromatic heterocycles. The van der Waals surface area contributed by atoms with Gasteiger partial charge in [-0.1, -0.05) is 0 Å². The smallest absolute Gasteiger partial charge is 0.0190 e. The van der Waals surface area contributed by atoms with Crippen LogP contribution >= 0.6 is 0 Å². The topological polar surface area (TPSA) is 32.5 Å². The van der Waals surface area contributed by atoms with E-state index in [2.05, 4.69) is 23.8 Å². The summed E-state index contributed by atoms with van der Waals surface area (Å²) in [6.07, 6.45) is 0. The van der Waals surface area contributed by atoms with E-state index in [4.69, 9.17) is 5.73 Å². The Kier molecular flexibility index (Phi) is 2.58. The standard InChI is InChI=1S/C10H21N3/c1-8(3-11)13-6-9-4-12(2)5-10(9)7-13/h8-10H,3-7,11H2,1-2H3. The highest BCUT2D eigenvalue weighted by Crippen LogP contribution is 2.30. The molecule has 2 N–H and O–H groups in total. The van der Waals surface area contributed by atoms with Gasteiger partial charge in [-0.2, -0.15) is 0 Å². The number of fused-ring (bicyclic) bond motifs is 1. The molecule has 76 valence electrons. The van der Waals surface area contributed by atoms with Gasteiger partial charge in [0.2, 0.25) is 0 Å². The van der Waals surface area contributed by atoms with Crippen LogP contribution in [0.4, 0.5) is 0 Å². The van der Waals surface area contributed by atoms with Gasteiger partial charge >= 0.3 is 0 Å². The first-order valence-corrected chi connectivity index (χ1v) is 5.33. The summed E-state index contributed by atoms with van der Waals surface area (Å²) in [6.45, 7) is 8.16. The lowest BCUT2D eigenvalue weighted by molar-refractivity contribution is 0.227. The van der Waals surface area contributed by atoms with E-state index in [1.54, 1.807) is 0 Å². The van der Waals surface area contributed by atoms with Gasteiger partial charge in [-0.3, -0.25) is 4.90 Å². The predicted octanol–water partition coefficient (Wildman–Crippen LogP) is -0.173. The van der Waals surface area contributed by atoms with Crippen LogP contribution in [0, 0.1) is 11.8 Å². The Labute approximate surface area is 80.9 Å². The lowest BCUT2D eigenvalue weighted by atomic mass is 10.0. The quantitative estimate of drug-likeness (QED) is 0.645. The number of hydrogen-bond donors (Lipinski definition) is 1. The van der Waals surface area contributed by atoms with Crippen LogP contribution in [0.1, 0.15) is 6.92 Å². The third-order valence-electron chi connectivity index (χ3n) is 3.66. The van der Waals surface area contributed by atoms with Crippen LogP contribution in [0.25, 0.3) is 0 Å². The zero-order chi connectivity index (χ0) is 9.42. The third-order valence-corrected chi connectivity index (χ3v) is 3.66. The second kappa shape index (κ2) is 3.56. The molecule has 2 fully saturated rings. The zero-order valence-electron chi connectivity index (χ0n) is 8.74. The molecule has 13 heavy (non-hydrogen) atoms. The van der Waals surface area contributed by atoms with Crippen molar-refractivity contribution >= 4 is 0 Å². The molecule has 0 amide bonds. The molecule has 2 saturated heterocycles. The number of nitrogens with two attached hydrogens (primary N) is 1. The molecule has 0 saturated carbocycles. The minimum Gasteiger partial charge on any atom is -0.329 e. The fourth-order valence-corrected chi connectivity index (χ4v) is 2.77. The summed E-state index contributed by atoms with van der Waals surface area (Å²) < 4.78 is 0. The van der Waals surface area contributed by atoms with E-state index in [-0.39, 0.29) is 0 Å². The second-order valence-corrected chi connectivity index (χ2v) is 4.78. The summed E-state index contributed by atoms with van der Waals surface area (Å²) in [5.74, 6) is 1.83. The second-order valence-electron chi connectivity index (χ2n) is 4.78. The molecule has 2 heterocycles. The Morgan fingerprint density at radius 1 is 1.23 bits per heavy atom. The maximum absolute atomic E-state index is 5.68. The Morgan fingerprint density at radius 2 is 1.77 bits per heavy atom. The number of likely N-dealkylation sites (tertiary alicyclic amines) is 2. The van der Waals surface area contributed by atoms with Crippen molar-refractivity contribution in [3.63, 3.8) is 0 Å². The van der Waals surface area contributed by atoms with E-state index in [9.17, 15) is 0 Å². The first-order valence-electron chi connectivity index (χ1n) is 5.33. The summed E-state index contributed by atoms with van der Waals surface area (Å²) >= 11 is 0. The van der Waals surface area contributed by atoms with Crippen molar-refractivity contribution in [3.8, 4) is 0 Å². The Hall–Kier alpha value is -0.120. The fourth-order valence-electron chi connectivity index (χ4n) is 2.77. The fraction of sp³-hybridized carbons (Fsp3) is 1.00. The highest BCUT2D eigenvalue weighted by molar-refractivity contribution is 4.93. The molecule has 2 aliphatic rings.